The highest BCUT2D eigenvalue weighted by Gasteiger charge is 2.05. The van der Waals surface area contributed by atoms with Crippen molar-refractivity contribution in [1.82, 2.24) is 0 Å². The van der Waals surface area contributed by atoms with Gasteiger partial charge in [-0.2, -0.15) is 0 Å². The summed E-state index contributed by atoms with van der Waals surface area (Å²) in [6.45, 7) is 5.69. The van der Waals surface area contributed by atoms with Gasteiger partial charge in [0, 0.05) is 6.04 Å². The van der Waals surface area contributed by atoms with Crippen LogP contribution in [-0.2, 0) is 0 Å². The van der Waals surface area contributed by atoms with Crippen LogP contribution in [0.4, 0.5) is 0 Å². The number of rotatable bonds is 4. The van der Waals surface area contributed by atoms with Crippen molar-refractivity contribution in [1.29, 1.82) is 0 Å². The Kier molecular flexibility index (Phi) is 3.72. The molecule has 0 aliphatic carbocycles. The van der Waals surface area contributed by atoms with Crippen LogP contribution in [0.1, 0.15) is 23.6 Å². The predicted molar refractivity (Wildman–Crippen MR) is 59.5 cm³/mol. The summed E-state index contributed by atoms with van der Waals surface area (Å²) in [5.41, 5.74) is 8.20. The third-order valence-corrected chi connectivity index (χ3v) is 2.27. The van der Waals surface area contributed by atoms with E-state index in [1.807, 2.05) is 25.1 Å². The molecule has 0 heterocycles. The van der Waals surface area contributed by atoms with Crippen LogP contribution in [0.25, 0.3) is 0 Å². The Balaban J connectivity index is 2.90. The van der Waals surface area contributed by atoms with Gasteiger partial charge in [-0.1, -0.05) is 18.2 Å². The highest BCUT2D eigenvalue weighted by Crippen LogP contribution is 2.22. The van der Waals surface area contributed by atoms with Gasteiger partial charge >= 0.3 is 0 Å². The van der Waals surface area contributed by atoms with E-state index in [1.54, 1.807) is 7.11 Å². The number of methoxy groups -OCH3 is 1. The summed E-state index contributed by atoms with van der Waals surface area (Å²) < 4.78 is 5.18. The summed E-state index contributed by atoms with van der Waals surface area (Å²) in [5.74, 6) is 0.902. The molecule has 0 saturated carbocycles. The number of ether oxygens (including phenoxy) is 1. The third-order valence-electron chi connectivity index (χ3n) is 2.27. The molecule has 0 spiro atoms. The zero-order chi connectivity index (χ0) is 10.6. The fourth-order valence-electron chi connectivity index (χ4n) is 1.45. The van der Waals surface area contributed by atoms with Crippen molar-refractivity contribution in [2.24, 2.45) is 5.73 Å². The first kappa shape index (κ1) is 10.8. The second kappa shape index (κ2) is 4.82. The summed E-state index contributed by atoms with van der Waals surface area (Å²) in [6, 6.07) is 6.05. The second-order valence-corrected chi connectivity index (χ2v) is 3.36. The molecule has 1 rings (SSSR count). The quantitative estimate of drug-likeness (QED) is 0.742. The van der Waals surface area contributed by atoms with Crippen LogP contribution in [0, 0.1) is 6.92 Å². The summed E-state index contributed by atoms with van der Waals surface area (Å²) in [5, 5.41) is 0. The van der Waals surface area contributed by atoms with Gasteiger partial charge in [-0.3, -0.25) is 0 Å². The molecule has 0 amide bonds. The lowest BCUT2D eigenvalue weighted by Gasteiger charge is -2.12. The lowest BCUT2D eigenvalue weighted by molar-refractivity contribution is 0.411. The molecule has 2 nitrogen and oxygen atoms in total. The highest BCUT2D eigenvalue weighted by molar-refractivity contribution is 5.37. The van der Waals surface area contributed by atoms with E-state index in [0.29, 0.717) is 0 Å². The summed E-state index contributed by atoms with van der Waals surface area (Å²) >= 11 is 0. The van der Waals surface area contributed by atoms with E-state index in [2.05, 4.69) is 12.6 Å². The molecule has 2 heteroatoms. The molecule has 1 aromatic carbocycles. The smallest absolute Gasteiger partial charge is 0.121 e. The molecule has 1 aromatic rings. The molecule has 0 aromatic heterocycles. The first-order valence-corrected chi connectivity index (χ1v) is 4.70. The van der Waals surface area contributed by atoms with E-state index in [4.69, 9.17) is 10.5 Å². The number of benzene rings is 1. The van der Waals surface area contributed by atoms with Crippen molar-refractivity contribution < 1.29 is 4.74 Å². The molecular formula is C12H17NO. The van der Waals surface area contributed by atoms with Gasteiger partial charge < -0.3 is 10.5 Å². The lowest BCUT2D eigenvalue weighted by atomic mass is 10.0. The van der Waals surface area contributed by atoms with Crippen LogP contribution in [0.15, 0.2) is 30.9 Å². The average molecular weight is 191 g/mol. The minimum atomic E-state index is 0.0390. The maximum atomic E-state index is 5.95. The zero-order valence-corrected chi connectivity index (χ0v) is 8.79. The lowest BCUT2D eigenvalue weighted by Crippen LogP contribution is -2.09. The van der Waals surface area contributed by atoms with Gasteiger partial charge in [0.2, 0.25) is 0 Å². The molecule has 1 unspecified atom stereocenters. The average Bonchev–Trinajstić information content (AvgIpc) is 2.18. The van der Waals surface area contributed by atoms with E-state index < -0.39 is 0 Å². The monoisotopic (exact) mass is 191 g/mol. The molecule has 0 fully saturated rings. The van der Waals surface area contributed by atoms with Gasteiger partial charge in [0.1, 0.15) is 5.75 Å². The minimum absolute atomic E-state index is 0.0390. The Bertz CT molecular complexity index is 320. The van der Waals surface area contributed by atoms with Crippen molar-refractivity contribution >= 4 is 0 Å². The van der Waals surface area contributed by atoms with Crippen LogP contribution in [-0.4, -0.2) is 7.11 Å². The molecule has 76 valence electrons. The van der Waals surface area contributed by atoms with Crippen molar-refractivity contribution in [2.45, 2.75) is 19.4 Å². The number of aryl methyl sites for hydroxylation is 1. The standard InChI is InChI=1S/C12H17NO/c1-4-5-11(13)10-6-7-12(14-3)9(2)8-10/h4,6-8,11H,1,5,13H2,2-3H3. The van der Waals surface area contributed by atoms with Gasteiger partial charge in [-0.15, -0.1) is 6.58 Å². The van der Waals surface area contributed by atoms with Crippen LogP contribution < -0.4 is 10.5 Å². The van der Waals surface area contributed by atoms with Crippen molar-refractivity contribution in [2.75, 3.05) is 7.11 Å². The van der Waals surface area contributed by atoms with Crippen molar-refractivity contribution in [3.63, 3.8) is 0 Å². The first-order valence-electron chi connectivity index (χ1n) is 4.70. The van der Waals surface area contributed by atoms with Gasteiger partial charge in [-0.05, 0) is 30.5 Å². The fourth-order valence-corrected chi connectivity index (χ4v) is 1.45. The van der Waals surface area contributed by atoms with Crippen LogP contribution in [0.5, 0.6) is 5.75 Å². The molecule has 0 aliphatic heterocycles. The predicted octanol–water partition coefficient (Wildman–Crippen LogP) is 2.58. The van der Waals surface area contributed by atoms with Gasteiger partial charge in [0.25, 0.3) is 0 Å². The highest BCUT2D eigenvalue weighted by atomic mass is 16.5. The Morgan fingerprint density at radius 1 is 1.57 bits per heavy atom. The molecule has 0 radical (unpaired) electrons. The number of nitrogens with two attached hydrogens (primary N) is 1. The van der Waals surface area contributed by atoms with Crippen LogP contribution >= 0.6 is 0 Å². The van der Waals surface area contributed by atoms with E-state index in [1.165, 1.54) is 0 Å². The second-order valence-electron chi connectivity index (χ2n) is 3.36. The molecule has 0 saturated heterocycles. The summed E-state index contributed by atoms with van der Waals surface area (Å²) in [4.78, 5) is 0. The van der Waals surface area contributed by atoms with E-state index in [-0.39, 0.29) is 6.04 Å². The number of hydrogen-bond acceptors (Lipinski definition) is 2. The zero-order valence-electron chi connectivity index (χ0n) is 8.79. The molecule has 0 bridgehead atoms. The molecule has 1 atom stereocenters. The molecule has 14 heavy (non-hydrogen) atoms. The molecular weight excluding hydrogens is 174 g/mol. The Morgan fingerprint density at radius 2 is 2.29 bits per heavy atom. The largest absolute Gasteiger partial charge is 0.496 e. The van der Waals surface area contributed by atoms with E-state index in [0.717, 1.165) is 23.3 Å². The summed E-state index contributed by atoms with van der Waals surface area (Å²) in [7, 11) is 1.67. The Labute approximate surface area is 85.4 Å². The van der Waals surface area contributed by atoms with Crippen LogP contribution in [0.2, 0.25) is 0 Å². The number of hydrogen-bond donors (Lipinski definition) is 1. The van der Waals surface area contributed by atoms with Gasteiger partial charge in [-0.25, -0.2) is 0 Å². The Morgan fingerprint density at radius 3 is 2.79 bits per heavy atom. The third kappa shape index (κ3) is 2.36. The van der Waals surface area contributed by atoms with Crippen LogP contribution in [0.3, 0.4) is 0 Å². The van der Waals surface area contributed by atoms with Gasteiger partial charge in [0.05, 0.1) is 7.11 Å². The molecule has 0 aliphatic rings. The normalized spacial score (nSPS) is 12.2. The Hall–Kier alpha value is -1.28. The first-order chi connectivity index (χ1) is 6.69. The van der Waals surface area contributed by atoms with Crippen molar-refractivity contribution in [3.8, 4) is 5.75 Å². The van der Waals surface area contributed by atoms with Crippen molar-refractivity contribution in [3.05, 3.63) is 42.0 Å². The SMILES string of the molecule is C=CCC(N)c1ccc(OC)c(C)c1. The van der Waals surface area contributed by atoms with E-state index >= 15 is 0 Å². The fraction of sp³-hybridized carbons (Fsp3) is 0.333. The molecule has 2 N–H and O–H groups in total. The minimum Gasteiger partial charge on any atom is -0.496 e. The van der Waals surface area contributed by atoms with E-state index in [9.17, 15) is 0 Å². The maximum absolute atomic E-state index is 5.95. The maximum Gasteiger partial charge on any atom is 0.121 e. The summed E-state index contributed by atoms with van der Waals surface area (Å²) in [6.07, 6.45) is 2.63. The topological polar surface area (TPSA) is 35.2 Å². The van der Waals surface area contributed by atoms with Gasteiger partial charge in [0.15, 0.2) is 0 Å².